The van der Waals surface area contributed by atoms with Gasteiger partial charge in [0.05, 0.1) is 17.5 Å². The number of aryl methyl sites for hydroxylation is 1. The van der Waals surface area contributed by atoms with E-state index in [0.29, 0.717) is 27.0 Å². The molecule has 0 bridgehead atoms. The molecule has 0 saturated heterocycles. The van der Waals surface area contributed by atoms with Crippen molar-refractivity contribution >= 4 is 50.8 Å². The Morgan fingerprint density at radius 2 is 1.85 bits per heavy atom. The first-order valence-corrected chi connectivity index (χ1v) is 14.3. The molecule has 0 aliphatic heterocycles. The third kappa shape index (κ3) is 5.39. The third-order valence-corrected chi connectivity index (χ3v) is 8.48. The van der Waals surface area contributed by atoms with Gasteiger partial charge in [0.2, 0.25) is 5.13 Å². The highest BCUT2D eigenvalue weighted by molar-refractivity contribution is 8.00. The Kier molecular flexibility index (Phi) is 7.16. The molecule has 4 heterocycles. The van der Waals surface area contributed by atoms with Gasteiger partial charge in [0.25, 0.3) is 11.5 Å². The number of aromatic nitrogens is 5. The van der Waals surface area contributed by atoms with E-state index in [4.69, 9.17) is 5.41 Å². The first kappa shape index (κ1) is 26.5. The van der Waals surface area contributed by atoms with E-state index in [-0.39, 0.29) is 39.5 Å². The van der Waals surface area contributed by atoms with Crippen molar-refractivity contribution in [1.29, 1.82) is 5.41 Å². The molecule has 0 atom stereocenters. The second kappa shape index (κ2) is 11.1. The molecule has 4 aromatic heterocycles. The van der Waals surface area contributed by atoms with Crippen LogP contribution in [-0.2, 0) is 12.3 Å². The number of amides is 1. The zero-order chi connectivity index (χ0) is 28.5. The van der Waals surface area contributed by atoms with Gasteiger partial charge in [0, 0.05) is 11.9 Å². The van der Waals surface area contributed by atoms with Crippen LogP contribution in [0.1, 0.15) is 27.0 Å². The number of hydrogen-bond donors (Lipinski definition) is 2. The Balaban J connectivity index is 1.36. The number of carbonyl (C=O) groups excluding carboxylic acids is 1. The van der Waals surface area contributed by atoms with Gasteiger partial charge < -0.3 is 4.57 Å². The maximum Gasteiger partial charge on any atom is 0.267 e. The zero-order valence-corrected chi connectivity index (χ0v) is 23.3. The van der Waals surface area contributed by atoms with Crippen LogP contribution in [0.15, 0.2) is 88.1 Å². The molecule has 41 heavy (non-hydrogen) atoms. The van der Waals surface area contributed by atoms with Crippen LogP contribution in [-0.4, -0.2) is 30.1 Å². The number of hydrogen-bond acceptors (Lipinski definition) is 8. The van der Waals surface area contributed by atoms with Gasteiger partial charge in [-0.05, 0) is 42.3 Å². The fourth-order valence-corrected chi connectivity index (χ4v) is 6.06. The molecule has 1 amide bonds. The van der Waals surface area contributed by atoms with Crippen LogP contribution in [0.4, 0.5) is 9.52 Å². The summed E-state index contributed by atoms with van der Waals surface area (Å²) >= 11 is 2.45. The van der Waals surface area contributed by atoms with E-state index in [1.807, 2.05) is 31.2 Å². The third-order valence-electron chi connectivity index (χ3n) is 6.46. The lowest BCUT2D eigenvalue weighted by Gasteiger charge is -2.14. The van der Waals surface area contributed by atoms with Crippen LogP contribution >= 0.6 is 23.1 Å². The first-order valence-electron chi connectivity index (χ1n) is 12.5. The Hall–Kier alpha value is -4.68. The SMILES string of the molecule is Cc1ccc(Cn2c(=N)c(C(=O)Nc3nnc(SCc4ccccc4F)s3)cc3c(=O)n4ccccc4nc32)cc1. The highest BCUT2D eigenvalue weighted by Crippen LogP contribution is 2.29. The van der Waals surface area contributed by atoms with Crippen LogP contribution in [0.2, 0.25) is 0 Å². The summed E-state index contributed by atoms with van der Waals surface area (Å²) in [6, 6.07) is 21.0. The predicted octanol–water partition coefficient (Wildman–Crippen LogP) is 5.02. The molecular formula is C29H22FN7O2S2. The topological polar surface area (TPSA) is 118 Å². The van der Waals surface area contributed by atoms with Gasteiger partial charge >= 0.3 is 0 Å². The van der Waals surface area contributed by atoms with Crippen molar-refractivity contribution in [3.63, 3.8) is 0 Å². The minimum absolute atomic E-state index is 0.00449. The average molecular weight is 584 g/mol. The lowest BCUT2D eigenvalue weighted by atomic mass is 10.1. The van der Waals surface area contributed by atoms with Crippen molar-refractivity contribution in [3.8, 4) is 0 Å². The fourth-order valence-electron chi connectivity index (χ4n) is 4.33. The van der Waals surface area contributed by atoms with Crippen LogP contribution < -0.4 is 16.4 Å². The van der Waals surface area contributed by atoms with Crippen molar-refractivity contribution in [3.05, 3.63) is 123 Å². The summed E-state index contributed by atoms with van der Waals surface area (Å²) in [5, 5.41) is 20.2. The van der Waals surface area contributed by atoms with Crippen LogP contribution in [0.3, 0.4) is 0 Å². The number of pyridine rings is 2. The van der Waals surface area contributed by atoms with E-state index in [2.05, 4.69) is 20.5 Å². The molecule has 0 unspecified atom stereocenters. The molecule has 0 saturated carbocycles. The molecule has 0 spiro atoms. The summed E-state index contributed by atoms with van der Waals surface area (Å²) in [4.78, 5) is 31.6. The molecule has 9 nitrogen and oxygen atoms in total. The number of thioether (sulfide) groups is 1. The number of anilines is 1. The second-order valence-electron chi connectivity index (χ2n) is 9.27. The Bertz CT molecular complexity index is 2050. The molecule has 2 N–H and O–H groups in total. The fraction of sp³-hybridized carbons (Fsp3) is 0.103. The number of benzene rings is 2. The molecule has 204 valence electrons. The normalized spacial score (nSPS) is 11.3. The maximum atomic E-state index is 14.0. The van der Waals surface area contributed by atoms with Gasteiger partial charge in [-0.25, -0.2) is 9.37 Å². The van der Waals surface area contributed by atoms with E-state index >= 15 is 0 Å². The predicted molar refractivity (Wildman–Crippen MR) is 157 cm³/mol. The van der Waals surface area contributed by atoms with Gasteiger partial charge in [-0.15, -0.1) is 10.2 Å². The van der Waals surface area contributed by atoms with Crippen molar-refractivity contribution in [2.75, 3.05) is 5.32 Å². The minimum Gasteiger partial charge on any atom is -0.306 e. The van der Waals surface area contributed by atoms with E-state index < -0.39 is 5.91 Å². The average Bonchev–Trinajstić information content (AvgIpc) is 3.42. The van der Waals surface area contributed by atoms with Gasteiger partial charge in [-0.1, -0.05) is 77.2 Å². The zero-order valence-electron chi connectivity index (χ0n) is 21.7. The molecule has 12 heteroatoms. The minimum atomic E-state index is -0.603. The monoisotopic (exact) mass is 583 g/mol. The van der Waals surface area contributed by atoms with Crippen LogP contribution in [0, 0.1) is 18.2 Å². The van der Waals surface area contributed by atoms with Crippen molar-refractivity contribution < 1.29 is 9.18 Å². The molecular weight excluding hydrogens is 561 g/mol. The Labute approximate surface area is 240 Å². The summed E-state index contributed by atoms with van der Waals surface area (Å²) in [5.74, 6) is -0.538. The van der Waals surface area contributed by atoms with E-state index in [1.165, 1.54) is 28.3 Å². The highest BCUT2D eigenvalue weighted by Gasteiger charge is 2.19. The smallest absolute Gasteiger partial charge is 0.267 e. The molecule has 0 aliphatic carbocycles. The van der Waals surface area contributed by atoms with Gasteiger partial charge in [0.15, 0.2) is 4.34 Å². The van der Waals surface area contributed by atoms with Crippen molar-refractivity contribution in [2.45, 2.75) is 23.6 Å². The molecule has 6 rings (SSSR count). The highest BCUT2D eigenvalue weighted by atomic mass is 32.2. The number of rotatable bonds is 7. The van der Waals surface area contributed by atoms with Crippen molar-refractivity contribution in [2.24, 2.45) is 0 Å². The number of carbonyl (C=O) groups is 1. The number of nitrogens with zero attached hydrogens (tertiary/aromatic N) is 5. The number of fused-ring (bicyclic) bond motifs is 2. The molecule has 0 fully saturated rings. The molecule has 6 aromatic rings. The van der Waals surface area contributed by atoms with Crippen molar-refractivity contribution in [1.82, 2.24) is 24.1 Å². The Morgan fingerprint density at radius 3 is 2.66 bits per heavy atom. The standard InChI is InChI=1S/C29H22FN7O2S2/c1-17-9-11-18(12-10-17)15-37-24(31)20(14-21-25(37)32-23-8-4-5-13-36(23)27(21)39)26(38)33-28-34-35-29(41-28)40-16-19-6-2-3-7-22(19)30/h2-14,31H,15-16H2,1H3,(H,33,34,38). The van der Waals surface area contributed by atoms with E-state index in [1.54, 1.807) is 47.2 Å². The molecule has 0 aliphatic rings. The first-order chi connectivity index (χ1) is 19.9. The summed E-state index contributed by atoms with van der Waals surface area (Å²) < 4.78 is 17.5. The van der Waals surface area contributed by atoms with E-state index in [0.717, 1.165) is 22.5 Å². The van der Waals surface area contributed by atoms with E-state index in [9.17, 15) is 14.0 Å². The Morgan fingerprint density at radius 1 is 1.07 bits per heavy atom. The largest absolute Gasteiger partial charge is 0.306 e. The van der Waals surface area contributed by atoms with Gasteiger partial charge in [-0.2, -0.15) is 0 Å². The summed E-state index contributed by atoms with van der Waals surface area (Å²) in [6.07, 6.45) is 1.62. The lowest BCUT2D eigenvalue weighted by molar-refractivity contribution is 0.102. The lowest BCUT2D eigenvalue weighted by Crippen LogP contribution is -2.32. The quantitative estimate of drug-likeness (QED) is 0.155. The molecule has 2 aromatic carbocycles. The van der Waals surface area contributed by atoms with Crippen LogP contribution in [0.25, 0.3) is 16.7 Å². The van der Waals surface area contributed by atoms with Gasteiger partial charge in [0.1, 0.15) is 22.6 Å². The second-order valence-corrected chi connectivity index (χ2v) is 11.5. The molecule has 0 radical (unpaired) electrons. The summed E-state index contributed by atoms with van der Waals surface area (Å²) in [5.41, 5.74) is 2.83. The van der Waals surface area contributed by atoms with Crippen LogP contribution in [0.5, 0.6) is 0 Å². The summed E-state index contributed by atoms with van der Waals surface area (Å²) in [7, 11) is 0. The summed E-state index contributed by atoms with van der Waals surface area (Å²) in [6.45, 7) is 2.22. The maximum absolute atomic E-state index is 14.0. The number of nitrogens with one attached hydrogen (secondary N) is 2. The van der Waals surface area contributed by atoms with Gasteiger partial charge in [-0.3, -0.25) is 24.7 Å². The number of halogens is 1.